The van der Waals surface area contributed by atoms with Crippen molar-refractivity contribution in [1.82, 2.24) is 4.98 Å². The zero-order valence-corrected chi connectivity index (χ0v) is 8.51. The van der Waals surface area contributed by atoms with Gasteiger partial charge >= 0.3 is 0 Å². The van der Waals surface area contributed by atoms with Crippen LogP contribution >= 0.6 is 11.3 Å². The first-order valence-electron chi connectivity index (χ1n) is 4.64. The van der Waals surface area contributed by atoms with E-state index in [9.17, 15) is 0 Å². The molecule has 1 fully saturated rings. The van der Waals surface area contributed by atoms with E-state index in [0.29, 0.717) is 12.1 Å². The average Bonchev–Trinajstić information content (AvgIpc) is 2.50. The summed E-state index contributed by atoms with van der Waals surface area (Å²) in [4.78, 5) is 4.33. The molecule has 0 spiro atoms. The molecule has 0 atom stereocenters. The molecule has 0 radical (unpaired) electrons. The number of hydrogen-bond donors (Lipinski definition) is 1. The van der Waals surface area contributed by atoms with Gasteiger partial charge in [0.05, 0.1) is 5.69 Å². The standard InChI is InChI=1S/C9H14N2OS/c1-2-7-5-13-9(11-7)12-8-3-6(10)4-8/h5-6,8H,2-4,10H2,1H3. The first-order chi connectivity index (χ1) is 6.28. The van der Waals surface area contributed by atoms with E-state index in [4.69, 9.17) is 10.5 Å². The Morgan fingerprint density at radius 2 is 2.46 bits per heavy atom. The molecule has 0 saturated heterocycles. The summed E-state index contributed by atoms with van der Waals surface area (Å²) in [6.07, 6.45) is 3.23. The van der Waals surface area contributed by atoms with Crippen LogP contribution in [0.4, 0.5) is 0 Å². The van der Waals surface area contributed by atoms with Gasteiger partial charge in [0.2, 0.25) is 0 Å². The maximum atomic E-state index is 5.66. The zero-order chi connectivity index (χ0) is 9.26. The predicted molar refractivity (Wildman–Crippen MR) is 53.1 cm³/mol. The van der Waals surface area contributed by atoms with Gasteiger partial charge in [0.25, 0.3) is 5.19 Å². The second-order valence-electron chi connectivity index (χ2n) is 3.43. The fraction of sp³-hybridized carbons (Fsp3) is 0.667. The fourth-order valence-electron chi connectivity index (χ4n) is 1.35. The Morgan fingerprint density at radius 1 is 1.69 bits per heavy atom. The molecule has 0 aliphatic heterocycles. The molecule has 0 bridgehead atoms. The van der Waals surface area contributed by atoms with Crippen LogP contribution in [0.25, 0.3) is 0 Å². The van der Waals surface area contributed by atoms with Gasteiger partial charge in [-0.15, -0.1) is 0 Å². The van der Waals surface area contributed by atoms with Crippen LogP contribution in [-0.4, -0.2) is 17.1 Å². The molecule has 72 valence electrons. The van der Waals surface area contributed by atoms with E-state index in [1.165, 1.54) is 0 Å². The number of aryl methyl sites for hydroxylation is 1. The summed E-state index contributed by atoms with van der Waals surface area (Å²) in [5, 5.41) is 2.85. The zero-order valence-electron chi connectivity index (χ0n) is 7.69. The van der Waals surface area contributed by atoms with Crippen molar-refractivity contribution in [2.75, 3.05) is 0 Å². The quantitative estimate of drug-likeness (QED) is 0.802. The van der Waals surface area contributed by atoms with Crippen molar-refractivity contribution in [1.29, 1.82) is 0 Å². The van der Waals surface area contributed by atoms with Crippen molar-refractivity contribution in [3.63, 3.8) is 0 Å². The summed E-state index contributed by atoms with van der Waals surface area (Å²) in [5.74, 6) is 0. The highest BCUT2D eigenvalue weighted by atomic mass is 32.1. The van der Waals surface area contributed by atoms with Gasteiger partial charge in [-0.3, -0.25) is 0 Å². The van der Waals surface area contributed by atoms with Gasteiger partial charge in [0, 0.05) is 11.4 Å². The van der Waals surface area contributed by atoms with E-state index in [1.54, 1.807) is 11.3 Å². The van der Waals surface area contributed by atoms with E-state index in [2.05, 4.69) is 11.9 Å². The molecule has 3 nitrogen and oxygen atoms in total. The van der Waals surface area contributed by atoms with Crippen molar-refractivity contribution in [2.24, 2.45) is 5.73 Å². The Labute approximate surface area is 81.9 Å². The van der Waals surface area contributed by atoms with Crippen LogP contribution in [-0.2, 0) is 6.42 Å². The lowest BCUT2D eigenvalue weighted by Crippen LogP contribution is -2.43. The average molecular weight is 198 g/mol. The maximum absolute atomic E-state index is 5.66. The number of nitrogens with two attached hydrogens (primary N) is 1. The van der Waals surface area contributed by atoms with Gasteiger partial charge in [-0.25, -0.2) is 4.98 Å². The molecule has 1 heterocycles. The fourth-order valence-corrected chi connectivity index (χ4v) is 2.17. The molecule has 0 unspecified atom stereocenters. The molecule has 1 aliphatic rings. The molecule has 1 saturated carbocycles. The van der Waals surface area contributed by atoms with E-state index in [0.717, 1.165) is 30.2 Å². The van der Waals surface area contributed by atoms with E-state index >= 15 is 0 Å². The smallest absolute Gasteiger partial charge is 0.273 e. The van der Waals surface area contributed by atoms with E-state index in [-0.39, 0.29) is 0 Å². The SMILES string of the molecule is CCc1csc(OC2CC(N)C2)n1. The lowest BCUT2D eigenvalue weighted by molar-refractivity contribution is 0.100. The largest absolute Gasteiger partial charge is 0.467 e. The van der Waals surface area contributed by atoms with Crippen LogP contribution < -0.4 is 10.5 Å². The lowest BCUT2D eigenvalue weighted by atomic mass is 9.90. The van der Waals surface area contributed by atoms with Gasteiger partial charge in [-0.2, -0.15) is 0 Å². The summed E-state index contributed by atoms with van der Waals surface area (Å²) in [5.41, 5.74) is 6.77. The molecular weight excluding hydrogens is 184 g/mol. The number of hydrogen-bond acceptors (Lipinski definition) is 4. The highest BCUT2D eigenvalue weighted by Gasteiger charge is 2.28. The second kappa shape index (κ2) is 3.64. The maximum Gasteiger partial charge on any atom is 0.273 e. The summed E-state index contributed by atoms with van der Waals surface area (Å²) >= 11 is 1.58. The first kappa shape index (κ1) is 8.97. The Balaban J connectivity index is 1.87. The Bertz CT molecular complexity index is 281. The molecule has 1 aliphatic carbocycles. The third-order valence-corrected chi connectivity index (χ3v) is 3.07. The molecule has 4 heteroatoms. The lowest BCUT2D eigenvalue weighted by Gasteiger charge is -2.31. The number of nitrogens with zero attached hydrogens (tertiary/aromatic N) is 1. The summed E-state index contributed by atoms with van der Waals surface area (Å²) < 4.78 is 5.63. The van der Waals surface area contributed by atoms with Crippen LogP contribution in [0.15, 0.2) is 5.38 Å². The summed E-state index contributed by atoms with van der Waals surface area (Å²) in [7, 11) is 0. The minimum atomic E-state index is 0.311. The van der Waals surface area contributed by atoms with Gasteiger partial charge < -0.3 is 10.5 Å². The van der Waals surface area contributed by atoms with Crippen molar-refractivity contribution in [2.45, 2.75) is 38.3 Å². The Hall–Kier alpha value is -0.610. The third-order valence-electron chi connectivity index (χ3n) is 2.29. The third kappa shape index (κ3) is 2.00. The highest BCUT2D eigenvalue weighted by Crippen LogP contribution is 2.26. The molecule has 2 N–H and O–H groups in total. The molecule has 1 aromatic rings. The van der Waals surface area contributed by atoms with Crippen LogP contribution in [0.2, 0.25) is 0 Å². The van der Waals surface area contributed by atoms with Crippen molar-refractivity contribution >= 4 is 11.3 Å². The summed E-state index contributed by atoms with van der Waals surface area (Å²) in [6.45, 7) is 2.10. The van der Waals surface area contributed by atoms with Crippen LogP contribution in [0.1, 0.15) is 25.5 Å². The minimum absolute atomic E-state index is 0.311. The van der Waals surface area contributed by atoms with Crippen molar-refractivity contribution in [3.05, 3.63) is 11.1 Å². The summed E-state index contributed by atoms with van der Waals surface area (Å²) in [6, 6.07) is 0.343. The molecule has 0 aromatic carbocycles. The molecular formula is C9H14N2OS. The molecule has 0 amide bonds. The van der Waals surface area contributed by atoms with Crippen molar-refractivity contribution < 1.29 is 4.74 Å². The molecule has 2 rings (SSSR count). The monoisotopic (exact) mass is 198 g/mol. The highest BCUT2D eigenvalue weighted by molar-refractivity contribution is 7.11. The second-order valence-corrected chi connectivity index (χ2v) is 4.25. The Kier molecular flexibility index (Phi) is 2.51. The number of rotatable bonds is 3. The van der Waals surface area contributed by atoms with Gasteiger partial charge in [0.1, 0.15) is 6.10 Å². The molecule has 13 heavy (non-hydrogen) atoms. The number of aromatic nitrogens is 1. The van der Waals surface area contributed by atoms with Crippen LogP contribution in [0.5, 0.6) is 5.19 Å². The van der Waals surface area contributed by atoms with Crippen molar-refractivity contribution in [3.8, 4) is 5.19 Å². The van der Waals surface area contributed by atoms with Crippen LogP contribution in [0, 0.1) is 0 Å². The minimum Gasteiger partial charge on any atom is -0.467 e. The Morgan fingerprint density at radius 3 is 3.00 bits per heavy atom. The first-order valence-corrected chi connectivity index (χ1v) is 5.52. The predicted octanol–water partition coefficient (Wildman–Crippen LogP) is 1.57. The normalized spacial score (nSPS) is 26.9. The number of thiazole rings is 1. The van der Waals surface area contributed by atoms with Gasteiger partial charge in [-0.1, -0.05) is 18.3 Å². The van der Waals surface area contributed by atoms with Gasteiger partial charge in [0.15, 0.2) is 0 Å². The van der Waals surface area contributed by atoms with E-state index in [1.807, 2.05) is 5.38 Å². The van der Waals surface area contributed by atoms with Gasteiger partial charge in [-0.05, 0) is 19.3 Å². The molecule has 1 aromatic heterocycles. The number of ether oxygens (including phenoxy) is 1. The topological polar surface area (TPSA) is 48.1 Å². The van der Waals surface area contributed by atoms with E-state index < -0.39 is 0 Å². The van der Waals surface area contributed by atoms with Crippen LogP contribution in [0.3, 0.4) is 0 Å².